The fourth-order valence-electron chi connectivity index (χ4n) is 1.60. The van der Waals surface area contributed by atoms with Crippen LogP contribution in [0.15, 0.2) is 17.0 Å². The third kappa shape index (κ3) is 3.18. The Balaban J connectivity index is 3.43. The van der Waals surface area contributed by atoms with Gasteiger partial charge >= 0.3 is 5.97 Å². The largest absolute Gasteiger partial charge is 0.477 e. The predicted molar refractivity (Wildman–Crippen MR) is 68.6 cm³/mol. The number of hydrogen-bond donors (Lipinski definition) is 2. The first-order chi connectivity index (χ1) is 9.64. The van der Waals surface area contributed by atoms with Crippen LogP contribution in [-0.4, -0.2) is 37.2 Å². The van der Waals surface area contributed by atoms with Crippen LogP contribution in [-0.2, 0) is 14.6 Å². The second kappa shape index (κ2) is 6.17. The quantitative estimate of drug-likeness (QED) is 0.787. The second-order valence-corrected chi connectivity index (χ2v) is 6.36. The zero-order chi connectivity index (χ0) is 16.4. The van der Waals surface area contributed by atoms with Gasteiger partial charge in [0.2, 0.25) is 5.91 Å². The van der Waals surface area contributed by atoms with E-state index >= 15 is 0 Å². The summed E-state index contributed by atoms with van der Waals surface area (Å²) in [6.07, 6.45) is 0. The normalized spacial score (nSPS) is 12.8. The molecule has 0 radical (unpaired) electrons. The Morgan fingerprint density at radius 2 is 1.90 bits per heavy atom. The molecule has 0 spiro atoms. The number of aromatic carboxylic acids is 1. The first kappa shape index (κ1) is 17.0. The van der Waals surface area contributed by atoms with Crippen molar-refractivity contribution in [3.05, 3.63) is 29.3 Å². The highest BCUT2D eigenvalue weighted by Gasteiger charge is 2.34. The van der Waals surface area contributed by atoms with Crippen molar-refractivity contribution in [3.8, 4) is 0 Å². The van der Waals surface area contributed by atoms with Crippen LogP contribution in [0.2, 0.25) is 0 Å². The first-order valence-corrected chi connectivity index (χ1v) is 7.42. The van der Waals surface area contributed by atoms with Gasteiger partial charge in [-0.15, -0.1) is 0 Å². The van der Waals surface area contributed by atoms with Crippen LogP contribution in [0, 0.1) is 11.6 Å². The summed E-state index contributed by atoms with van der Waals surface area (Å²) < 4.78 is 51.5. The molecule has 0 heterocycles. The van der Waals surface area contributed by atoms with E-state index in [1.165, 1.54) is 0 Å². The molecule has 116 valence electrons. The molecule has 2 N–H and O–H groups in total. The highest BCUT2D eigenvalue weighted by molar-refractivity contribution is 7.92. The highest BCUT2D eigenvalue weighted by atomic mass is 32.2. The summed E-state index contributed by atoms with van der Waals surface area (Å²) >= 11 is 0. The number of amides is 1. The molecule has 9 heteroatoms. The molecule has 0 saturated heterocycles. The summed E-state index contributed by atoms with van der Waals surface area (Å²) in [6, 6.07) is 1.13. The molecule has 21 heavy (non-hydrogen) atoms. The zero-order valence-corrected chi connectivity index (χ0v) is 12.0. The zero-order valence-electron chi connectivity index (χ0n) is 11.2. The molecule has 0 saturated carbocycles. The summed E-state index contributed by atoms with van der Waals surface area (Å²) in [7, 11) is -4.48. The number of sulfone groups is 1. The molecule has 0 aromatic heterocycles. The number of rotatable bonds is 5. The summed E-state index contributed by atoms with van der Waals surface area (Å²) in [5.41, 5.74) is -1.38. The number of carboxylic acids is 1. The van der Waals surface area contributed by atoms with Crippen LogP contribution in [0.3, 0.4) is 0 Å². The fourth-order valence-corrected chi connectivity index (χ4v) is 2.95. The van der Waals surface area contributed by atoms with E-state index in [1.54, 1.807) is 6.92 Å². The molecule has 0 bridgehead atoms. The topological polar surface area (TPSA) is 101 Å². The Morgan fingerprint density at radius 1 is 1.33 bits per heavy atom. The number of carbonyl (C=O) groups excluding carboxylic acids is 1. The van der Waals surface area contributed by atoms with Gasteiger partial charge in [-0.3, -0.25) is 4.79 Å². The number of halogens is 2. The van der Waals surface area contributed by atoms with Gasteiger partial charge in [-0.1, -0.05) is 0 Å². The molecule has 1 atom stereocenters. The van der Waals surface area contributed by atoms with Crippen LogP contribution in [0.1, 0.15) is 24.2 Å². The molecule has 1 unspecified atom stereocenters. The number of carbonyl (C=O) groups is 2. The standard InChI is InChI=1S/C12H13F2NO5S/c1-3-15-11(16)6(2)21(19,20)8-5-4-7(13)9(10(8)14)12(17)18/h4-6H,3H2,1-2H3,(H,15,16)(H,17,18). The average Bonchev–Trinajstić information content (AvgIpc) is 2.37. The summed E-state index contributed by atoms with van der Waals surface area (Å²) in [5, 5.41) is 9.33. The van der Waals surface area contributed by atoms with E-state index in [2.05, 4.69) is 5.32 Å². The van der Waals surface area contributed by atoms with E-state index in [9.17, 15) is 26.8 Å². The van der Waals surface area contributed by atoms with E-state index < -0.39 is 49.1 Å². The predicted octanol–water partition coefficient (Wildman–Crippen LogP) is 0.961. The van der Waals surface area contributed by atoms with Crippen LogP contribution >= 0.6 is 0 Å². The lowest BCUT2D eigenvalue weighted by atomic mass is 10.2. The first-order valence-electron chi connectivity index (χ1n) is 5.87. The van der Waals surface area contributed by atoms with Crippen molar-refractivity contribution in [2.24, 2.45) is 0 Å². The molecule has 0 fully saturated rings. The lowest BCUT2D eigenvalue weighted by Crippen LogP contribution is -2.38. The average molecular weight is 321 g/mol. The van der Waals surface area contributed by atoms with Gasteiger partial charge in [0.05, 0.1) is 0 Å². The highest BCUT2D eigenvalue weighted by Crippen LogP contribution is 2.24. The monoisotopic (exact) mass is 321 g/mol. The van der Waals surface area contributed by atoms with E-state index in [0.717, 1.165) is 6.92 Å². The number of carboxylic acid groups (broad SMARTS) is 1. The Hall–Kier alpha value is -2.03. The third-order valence-corrected chi connectivity index (χ3v) is 4.84. The van der Waals surface area contributed by atoms with Crippen LogP contribution < -0.4 is 5.32 Å². The Labute approximate surface area is 119 Å². The molecule has 0 aliphatic heterocycles. The summed E-state index contributed by atoms with van der Waals surface area (Å²) in [4.78, 5) is 21.3. The van der Waals surface area contributed by atoms with Gasteiger partial charge in [-0.05, 0) is 26.0 Å². The van der Waals surface area contributed by atoms with Crippen molar-refractivity contribution in [2.45, 2.75) is 24.0 Å². The molecular formula is C12H13F2NO5S. The van der Waals surface area contributed by atoms with Gasteiger partial charge in [0.15, 0.2) is 15.7 Å². The van der Waals surface area contributed by atoms with Crippen molar-refractivity contribution in [2.75, 3.05) is 6.54 Å². The van der Waals surface area contributed by atoms with Gasteiger partial charge in [0, 0.05) is 6.54 Å². The van der Waals surface area contributed by atoms with E-state index in [1.807, 2.05) is 0 Å². The molecule has 1 rings (SSSR count). The van der Waals surface area contributed by atoms with Crippen molar-refractivity contribution >= 4 is 21.7 Å². The van der Waals surface area contributed by atoms with Crippen LogP contribution in [0.25, 0.3) is 0 Å². The molecule has 0 aliphatic rings. The SMILES string of the molecule is CCNC(=O)C(C)S(=O)(=O)c1ccc(F)c(C(=O)O)c1F. The Morgan fingerprint density at radius 3 is 2.38 bits per heavy atom. The molecule has 6 nitrogen and oxygen atoms in total. The molecule has 1 aromatic carbocycles. The molecule has 1 aromatic rings. The minimum atomic E-state index is -4.48. The maximum Gasteiger partial charge on any atom is 0.341 e. The van der Waals surface area contributed by atoms with Gasteiger partial charge in [-0.25, -0.2) is 22.0 Å². The van der Waals surface area contributed by atoms with Crippen molar-refractivity contribution in [1.29, 1.82) is 0 Å². The molecular weight excluding hydrogens is 308 g/mol. The van der Waals surface area contributed by atoms with Gasteiger partial charge < -0.3 is 10.4 Å². The molecule has 1 amide bonds. The number of nitrogens with one attached hydrogen (secondary N) is 1. The smallest absolute Gasteiger partial charge is 0.341 e. The maximum absolute atomic E-state index is 14.0. The minimum absolute atomic E-state index is 0.172. The Bertz CT molecular complexity index is 687. The number of hydrogen-bond acceptors (Lipinski definition) is 4. The van der Waals surface area contributed by atoms with Gasteiger partial charge in [0.25, 0.3) is 0 Å². The maximum atomic E-state index is 14.0. The third-order valence-electron chi connectivity index (χ3n) is 2.76. The van der Waals surface area contributed by atoms with Crippen molar-refractivity contribution < 1.29 is 31.9 Å². The fraction of sp³-hybridized carbons (Fsp3) is 0.333. The van der Waals surface area contributed by atoms with E-state index in [4.69, 9.17) is 5.11 Å². The van der Waals surface area contributed by atoms with E-state index in [0.29, 0.717) is 12.1 Å². The summed E-state index contributed by atoms with van der Waals surface area (Å²) in [6.45, 7) is 2.77. The van der Waals surface area contributed by atoms with Crippen LogP contribution in [0.5, 0.6) is 0 Å². The van der Waals surface area contributed by atoms with Gasteiger partial charge in [-0.2, -0.15) is 0 Å². The molecule has 0 aliphatic carbocycles. The Kier molecular flexibility index (Phi) is 5.00. The number of benzene rings is 1. The van der Waals surface area contributed by atoms with Crippen molar-refractivity contribution in [1.82, 2.24) is 5.32 Å². The van der Waals surface area contributed by atoms with Crippen molar-refractivity contribution in [3.63, 3.8) is 0 Å². The van der Waals surface area contributed by atoms with Crippen LogP contribution in [0.4, 0.5) is 8.78 Å². The lowest BCUT2D eigenvalue weighted by molar-refractivity contribution is -0.120. The second-order valence-electron chi connectivity index (χ2n) is 4.12. The van der Waals surface area contributed by atoms with E-state index in [-0.39, 0.29) is 6.54 Å². The summed E-state index contributed by atoms with van der Waals surface area (Å²) in [5.74, 6) is -5.92. The van der Waals surface area contributed by atoms with Gasteiger partial charge in [0.1, 0.15) is 21.5 Å². The lowest BCUT2D eigenvalue weighted by Gasteiger charge is -2.14. The minimum Gasteiger partial charge on any atom is -0.477 e.